The van der Waals surface area contributed by atoms with Gasteiger partial charge in [-0.1, -0.05) is 48.0 Å². The number of nitrogens with two attached hydrogens (primary N) is 4. The SMILES string of the molecule is CC[C@H](C)[C@H](NC(=O)[C@H](CC(C)C)NC(=O)c1ccco1)C(=O)NCC(=O)N[C@@H](CCCN=C(N)N)C(=O)N[C@@H](CC(C)C)C(=O)N[C@@H](CCCN)C(N)=O. The maximum atomic E-state index is 13.6. The Morgan fingerprint density at radius 3 is 1.82 bits per heavy atom. The Kier molecular flexibility index (Phi) is 21.7. The largest absolute Gasteiger partial charge is 0.459 e. The highest BCUT2D eigenvalue weighted by molar-refractivity contribution is 5.98. The molecule has 0 aliphatic carbocycles. The molecule has 0 saturated carbocycles. The predicted octanol–water partition coefficient (Wildman–Crippen LogP) is -1.15. The Morgan fingerprint density at radius 1 is 0.727 bits per heavy atom. The van der Waals surface area contributed by atoms with E-state index in [2.05, 4.69) is 36.9 Å². The number of amides is 7. The zero-order valence-corrected chi connectivity index (χ0v) is 32.9. The van der Waals surface area contributed by atoms with Crippen LogP contribution in [0.15, 0.2) is 27.8 Å². The van der Waals surface area contributed by atoms with Gasteiger partial charge in [-0.25, -0.2) is 0 Å². The summed E-state index contributed by atoms with van der Waals surface area (Å²) in [7, 11) is 0. The fourth-order valence-electron chi connectivity index (χ4n) is 5.45. The van der Waals surface area contributed by atoms with Crippen molar-refractivity contribution in [2.45, 2.75) is 117 Å². The Morgan fingerprint density at radius 2 is 1.29 bits per heavy atom. The first-order chi connectivity index (χ1) is 25.9. The summed E-state index contributed by atoms with van der Waals surface area (Å²) in [5.41, 5.74) is 21.9. The molecule has 1 heterocycles. The van der Waals surface area contributed by atoms with E-state index in [4.69, 9.17) is 27.4 Å². The van der Waals surface area contributed by atoms with Gasteiger partial charge in [0.05, 0.1) is 12.8 Å². The van der Waals surface area contributed by atoms with E-state index in [0.717, 1.165) is 0 Å². The molecule has 0 unspecified atom stereocenters. The molecule has 19 heteroatoms. The van der Waals surface area contributed by atoms with Crippen molar-refractivity contribution >= 4 is 47.3 Å². The summed E-state index contributed by atoms with van der Waals surface area (Å²) in [6, 6.07) is -2.28. The van der Waals surface area contributed by atoms with Crippen molar-refractivity contribution in [2.75, 3.05) is 19.6 Å². The van der Waals surface area contributed by atoms with Crippen LogP contribution in [0.4, 0.5) is 0 Å². The molecule has 0 spiro atoms. The molecule has 14 N–H and O–H groups in total. The van der Waals surface area contributed by atoms with Gasteiger partial charge in [-0.2, -0.15) is 0 Å². The van der Waals surface area contributed by atoms with Crippen molar-refractivity contribution in [1.82, 2.24) is 31.9 Å². The van der Waals surface area contributed by atoms with Gasteiger partial charge in [-0.15, -0.1) is 0 Å². The highest BCUT2D eigenvalue weighted by atomic mass is 16.3. The topological polar surface area (TPSA) is 321 Å². The number of hydrogen-bond acceptors (Lipinski definition) is 10. The van der Waals surface area contributed by atoms with E-state index >= 15 is 0 Å². The first kappa shape index (κ1) is 47.8. The molecule has 7 amide bonds. The van der Waals surface area contributed by atoms with Crippen molar-refractivity contribution in [3.63, 3.8) is 0 Å². The third-order valence-corrected chi connectivity index (χ3v) is 8.58. The highest BCUT2D eigenvalue weighted by Crippen LogP contribution is 2.12. The number of hydrogen-bond donors (Lipinski definition) is 10. The lowest BCUT2D eigenvalue weighted by Crippen LogP contribution is -2.58. The zero-order valence-electron chi connectivity index (χ0n) is 32.9. The number of primary amides is 1. The molecule has 1 aromatic heterocycles. The minimum atomic E-state index is -1.18. The summed E-state index contributed by atoms with van der Waals surface area (Å²) in [4.78, 5) is 95.6. The van der Waals surface area contributed by atoms with Gasteiger partial charge in [-0.05, 0) is 75.0 Å². The average molecular weight is 778 g/mol. The Bertz CT molecular complexity index is 1430. The van der Waals surface area contributed by atoms with Crippen LogP contribution < -0.4 is 54.8 Å². The molecule has 19 nitrogen and oxygen atoms in total. The predicted molar refractivity (Wildman–Crippen MR) is 206 cm³/mol. The van der Waals surface area contributed by atoms with Crippen molar-refractivity contribution in [3.05, 3.63) is 24.2 Å². The molecule has 0 fully saturated rings. The maximum Gasteiger partial charge on any atom is 0.287 e. The number of carbonyl (C=O) groups is 7. The number of nitrogens with zero attached hydrogens (tertiary/aromatic N) is 1. The van der Waals surface area contributed by atoms with E-state index in [1.165, 1.54) is 12.3 Å². The number of nitrogens with one attached hydrogen (secondary N) is 6. The third-order valence-electron chi connectivity index (χ3n) is 8.58. The molecule has 0 aromatic carbocycles. The summed E-state index contributed by atoms with van der Waals surface area (Å²) in [5.74, 6) is -5.15. The summed E-state index contributed by atoms with van der Waals surface area (Å²) >= 11 is 0. The Balaban J connectivity index is 3.12. The maximum absolute atomic E-state index is 13.6. The summed E-state index contributed by atoms with van der Waals surface area (Å²) in [5, 5.41) is 15.8. The van der Waals surface area contributed by atoms with Crippen LogP contribution in [0.3, 0.4) is 0 Å². The quantitative estimate of drug-likeness (QED) is 0.0304. The van der Waals surface area contributed by atoms with Gasteiger partial charge in [0.1, 0.15) is 30.2 Å². The molecule has 310 valence electrons. The van der Waals surface area contributed by atoms with E-state index in [9.17, 15) is 33.6 Å². The molecule has 0 saturated heterocycles. The van der Waals surface area contributed by atoms with Gasteiger partial charge in [0.25, 0.3) is 5.91 Å². The standard InChI is InChI=1S/C36H63N11O8/c1-7-22(6)29(47-33(52)26(18-21(4)5)46-34(53)27-13-10-16-55-27)35(54)42-19-28(48)43-24(12-9-15-41-36(39)40)31(50)45-25(17-20(2)3)32(51)44-23(30(38)49)11-8-14-37/h10,13,16,20-26,29H,7-9,11-12,14-15,17-19,37H2,1-6H3,(H2,38,49)(H,42,54)(H,43,48)(H,44,51)(H,45,50)(H,46,53)(H,47,52)(H4,39,40,41)/t22-,23-,24-,25-,26-,29-/m0/s1. The van der Waals surface area contributed by atoms with Crippen LogP contribution in [-0.2, 0) is 28.8 Å². The smallest absolute Gasteiger partial charge is 0.287 e. The fraction of sp³-hybridized carbons (Fsp3) is 0.667. The normalized spacial score (nSPS) is 14.3. The Hall–Kier alpha value is -5.20. The monoisotopic (exact) mass is 777 g/mol. The van der Waals surface area contributed by atoms with Gasteiger partial charge in [-0.3, -0.25) is 38.6 Å². The summed E-state index contributed by atoms with van der Waals surface area (Å²) < 4.78 is 5.14. The summed E-state index contributed by atoms with van der Waals surface area (Å²) in [6.07, 6.45) is 3.30. The van der Waals surface area contributed by atoms with E-state index in [-0.39, 0.29) is 74.7 Å². The van der Waals surface area contributed by atoms with Crippen LogP contribution in [0.2, 0.25) is 0 Å². The second kappa shape index (κ2) is 25.0. The molecule has 55 heavy (non-hydrogen) atoms. The fourth-order valence-corrected chi connectivity index (χ4v) is 5.45. The number of aliphatic imine (C=N–C) groups is 1. The molecular weight excluding hydrogens is 714 g/mol. The Labute approximate surface area is 323 Å². The van der Waals surface area contributed by atoms with Crippen LogP contribution in [0.5, 0.6) is 0 Å². The van der Waals surface area contributed by atoms with Crippen molar-refractivity contribution in [1.29, 1.82) is 0 Å². The lowest BCUT2D eigenvalue weighted by Gasteiger charge is -2.27. The number of guanidine groups is 1. The molecule has 1 aromatic rings. The minimum Gasteiger partial charge on any atom is -0.459 e. The van der Waals surface area contributed by atoms with Gasteiger partial charge < -0.3 is 59.3 Å². The van der Waals surface area contributed by atoms with Crippen LogP contribution in [0, 0.1) is 17.8 Å². The van der Waals surface area contributed by atoms with E-state index in [1.54, 1.807) is 13.0 Å². The highest BCUT2D eigenvalue weighted by Gasteiger charge is 2.32. The average Bonchev–Trinajstić information content (AvgIpc) is 3.66. The molecular formula is C36H63N11O8. The van der Waals surface area contributed by atoms with Crippen LogP contribution in [0.1, 0.15) is 97.0 Å². The minimum absolute atomic E-state index is 0.0141. The van der Waals surface area contributed by atoms with E-state index in [0.29, 0.717) is 12.8 Å². The van der Waals surface area contributed by atoms with Gasteiger partial charge in [0.2, 0.25) is 35.4 Å². The number of furan rings is 1. The van der Waals surface area contributed by atoms with Crippen molar-refractivity contribution in [2.24, 2.45) is 45.7 Å². The summed E-state index contributed by atoms with van der Waals surface area (Å²) in [6.45, 7) is 10.9. The molecule has 1 rings (SSSR count). The van der Waals surface area contributed by atoms with Crippen LogP contribution in [0.25, 0.3) is 0 Å². The lowest BCUT2D eigenvalue weighted by molar-refractivity contribution is -0.134. The van der Waals surface area contributed by atoms with Gasteiger partial charge in [0.15, 0.2) is 11.7 Å². The van der Waals surface area contributed by atoms with Crippen molar-refractivity contribution < 1.29 is 38.0 Å². The van der Waals surface area contributed by atoms with Crippen LogP contribution in [-0.4, -0.2) is 97.2 Å². The first-order valence-electron chi connectivity index (χ1n) is 18.8. The van der Waals surface area contributed by atoms with Gasteiger partial charge >= 0.3 is 0 Å². The molecule has 0 radical (unpaired) electrons. The second-order valence-corrected chi connectivity index (χ2v) is 14.4. The van der Waals surface area contributed by atoms with E-state index in [1.807, 2.05) is 34.6 Å². The van der Waals surface area contributed by atoms with Crippen LogP contribution >= 0.6 is 0 Å². The molecule has 6 atom stereocenters. The van der Waals surface area contributed by atoms with Crippen molar-refractivity contribution in [3.8, 4) is 0 Å². The number of rotatable bonds is 26. The zero-order chi connectivity index (χ0) is 41.7. The third kappa shape index (κ3) is 18.6. The number of carbonyl (C=O) groups excluding carboxylic acids is 7. The molecule has 0 bridgehead atoms. The first-order valence-corrected chi connectivity index (χ1v) is 18.8. The molecule has 0 aliphatic heterocycles. The van der Waals surface area contributed by atoms with E-state index < -0.39 is 78.1 Å². The molecule has 0 aliphatic rings. The van der Waals surface area contributed by atoms with Gasteiger partial charge in [0, 0.05) is 6.54 Å². The lowest BCUT2D eigenvalue weighted by atomic mass is 9.96. The second-order valence-electron chi connectivity index (χ2n) is 14.4.